The van der Waals surface area contributed by atoms with Crippen LogP contribution in [-0.4, -0.2) is 30.5 Å². The second-order valence-corrected chi connectivity index (χ2v) is 4.73. The van der Waals surface area contributed by atoms with Gasteiger partial charge in [0.25, 0.3) is 0 Å². The van der Waals surface area contributed by atoms with Gasteiger partial charge in [-0.2, -0.15) is 39.8 Å². The van der Waals surface area contributed by atoms with Gasteiger partial charge in [-0.05, 0) is 43.5 Å². The molecule has 0 bridgehead atoms. The van der Waals surface area contributed by atoms with E-state index in [4.69, 9.17) is 4.79 Å². The minimum absolute atomic E-state index is 0. The number of hydrogen-bond acceptors (Lipinski definition) is 3. The average molecular weight is 362 g/mol. The Morgan fingerprint density at radius 1 is 1.26 bits per heavy atom. The van der Waals surface area contributed by atoms with E-state index in [9.17, 15) is 26.3 Å². The van der Waals surface area contributed by atoms with Crippen molar-refractivity contribution < 1.29 is 31.1 Å². The first kappa shape index (κ1) is 21.7. The number of alkyl halides is 6. The first-order chi connectivity index (χ1) is 10.1. The van der Waals surface area contributed by atoms with Crippen molar-refractivity contribution in [2.24, 2.45) is 5.92 Å². The molecular weight excluding hydrogens is 346 g/mol. The van der Waals surface area contributed by atoms with Gasteiger partial charge in [-0.15, -0.1) is 0 Å². The lowest BCUT2D eigenvalue weighted by molar-refractivity contribution is -0.156. The van der Waals surface area contributed by atoms with E-state index in [2.05, 4.69) is 10.3 Å². The maximum atomic E-state index is 12.6. The van der Waals surface area contributed by atoms with Crippen LogP contribution in [-0.2, 0) is 17.4 Å². The minimum atomic E-state index is -4.64. The van der Waals surface area contributed by atoms with Crippen LogP contribution in [0.4, 0.5) is 26.3 Å². The maximum Gasteiger partial charge on any atom is 0.446 e. The van der Waals surface area contributed by atoms with Crippen molar-refractivity contribution in [2.75, 3.05) is 13.1 Å². The number of aromatic nitrogens is 1. The molecule has 0 amide bonds. The standard InChI is InChI=1S/C11H13F3N2.C2HF3O.H2S/c12-11(13,14)10-9(2-1-4-16-10)6-8-3-5-15-7-8;3-2(4,5)1-6;/h1-2,4,8,15H,3,5-7H2;1H;1H2/t8-;;/m1../s1. The highest BCUT2D eigenvalue weighted by Crippen LogP contribution is 2.31. The zero-order chi connectivity index (χ0) is 16.8. The molecule has 0 aliphatic carbocycles. The van der Waals surface area contributed by atoms with E-state index in [1.807, 2.05) is 0 Å². The predicted molar refractivity (Wildman–Crippen MR) is 76.4 cm³/mol. The van der Waals surface area contributed by atoms with Gasteiger partial charge in [0, 0.05) is 6.20 Å². The number of nitrogens with one attached hydrogen (secondary N) is 1. The number of nitrogens with zero attached hydrogens (tertiary/aromatic N) is 1. The molecule has 1 atom stereocenters. The zero-order valence-electron chi connectivity index (χ0n) is 11.8. The van der Waals surface area contributed by atoms with Crippen LogP contribution in [0.15, 0.2) is 18.3 Å². The molecular formula is C13H16F6N2OS. The molecule has 132 valence electrons. The van der Waals surface area contributed by atoms with Crippen molar-refractivity contribution in [3.8, 4) is 0 Å². The maximum absolute atomic E-state index is 12.6. The zero-order valence-corrected chi connectivity index (χ0v) is 12.8. The molecule has 10 heteroatoms. The third-order valence-electron chi connectivity index (χ3n) is 2.96. The predicted octanol–water partition coefficient (Wildman–Crippen LogP) is 3.11. The van der Waals surface area contributed by atoms with Crippen LogP contribution in [0.1, 0.15) is 17.7 Å². The third-order valence-corrected chi connectivity index (χ3v) is 2.96. The number of rotatable bonds is 2. The van der Waals surface area contributed by atoms with E-state index in [0.717, 1.165) is 19.5 Å². The Kier molecular flexibility index (Phi) is 8.60. The van der Waals surface area contributed by atoms with Crippen LogP contribution in [0.5, 0.6) is 0 Å². The summed E-state index contributed by atoms with van der Waals surface area (Å²) >= 11 is 0. The molecule has 1 aliphatic rings. The Balaban J connectivity index is 0.000000599. The van der Waals surface area contributed by atoms with E-state index in [1.165, 1.54) is 12.3 Å². The lowest BCUT2D eigenvalue weighted by Crippen LogP contribution is -2.16. The summed E-state index contributed by atoms with van der Waals surface area (Å²) in [7, 11) is 0. The van der Waals surface area contributed by atoms with Gasteiger partial charge in [-0.25, -0.2) is 0 Å². The fourth-order valence-corrected chi connectivity index (χ4v) is 2.06. The van der Waals surface area contributed by atoms with Gasteiger partial charge < -0.3 is 5.32 Å². The molecule has 0 saturated carbocycles. The molecule has 1 N–H and O–H groups in total. The van der Waals surface area contributed by atoms with Gasteiger partial charge in [0.1, 0.15) is 5.69 Å². The smallest absolute Gasteiger partial charge is 0.316 e. The third kappa shape index (κ3) is 8.21. The molecule has 0 aromatic carbocycles. The monoisotopic (exact) mass is 362 g/mol. The van der Waals surface area contributed by atoms with E-state index < -0.39 is 24.3 Å². The molecule has 3 nitrogen and oxygen atoms in total. The molecule has 1 fully saturated rings. The quantitative estimate of drug-likeness (QED) is 0.649. The van der Waals surface area contributed by atoms with Gasteiger partial charge in [0.15, 0.2) is 0 Å². The molecule has 0 unspecified atom stereocenters. The van der Waals surface area contributed by atoms with Gasteiger partial charge in [-0.1, -0.05) is 6.07 Å². The van der Waals surface area contributed by atoms with Crippen molar-refractivity contribution in [1.82, 2.24) is 10.3 Å². The number of pyridine rings is 1. The lowest BCUT2D eigenvalue weighted by atomic mass is 9.97. The molecule has 1 aromatic rings. The summed E-state index contributed by atoms with van der Waals surface area (Å²) in [6.07, 6.45) is -7.46. The van der Waals surface area contributed by atoms with Crippen molar-refractivity contribution in [3.63, 3.8) is 0 Å². The van der Waals surface area contributed by atoms with Gasteiger partial charge >= 0.3 is 12.4 Å². The fraction of sp³-hybridized carbons (Fsp3) is 0.538. The van der Waals surface area contributed by atoms with E-state index >= 15 is 0 Å². The molecule has 2 rings (SSSR count). The Morgan fingerprint density at radius 3 is 2.30 bits per heavy atom. The van der Waals surface area contributed by atoms with Crippen molar-refractivity contribution >= 4 is 19.8 Å². The van der Waals surface area contributed by atoms with Crippen LogP contribution in [0.25, 0.3) is 0 Å². The summed E-state index contributed by atoms with van der Waals surface area (Å²) in [5, 5.41) is 3.15. The Labute approximate surface area is 135 Å². The highest BCUT2D eigenvalue weighted by molar-refractivity contribution is 7.59. The first-order valence-corrected chi connectivity index (χ1v) is 6.38. The summed E-state index contributed by atoms with van der Waals surface area (Å²) in [6, 6.07) is 3.08. The van der Waals surface area contributed by atoms with E-state index in [-0.39, 0.29) is 13.5 Å². The highest BCUT2D eigenvalue weighted by Gasteiger charge is 2.35. The number of halogens is 6. The Morgan fingerprint density at radius 2 is 1.87 bits per heavy atom. The van der Waals surface area contributed by atoms with Gasteiger partial charge in [0.05, 0.1) is 0 Å². The highest BCUT2D eigenvalue weighted by atomic mass is 32.1. The number of carbonyl (C=O) groups excluding carboxylic acids is 1. The number of hydrogen-bond donors (Lipinski definition) is 1. The van der Waals surface area contributed by atoms with Crippen LogP contribution < -0.4 is 5.32 Å². The van der Waals surface area contributed by atoms with Gasteiger partial charge in [-0.3, -0.25) is 9.78 Å². The Hall–Kier alpha value is -1.29. The first-order valence-electron chi connectivity index (χ1n) is 6.38. The average Bonchev–Trinajstić information content (AvgIpc) is 2.91. The molecule has 1 aromatic heterocycles. The van der Waals surface area contributed by atoms with Gasteiger partial charge in [0.2, 0.25) is 6.29 Å². The summed E-state index contributed by atoms with van der Waals surface area (Å²) < 4.78 is 69.2. The van der Waals surface area contributed by atoms with Crippen molar-refractivity contribution in [2.45, 2.75) is 25.2 Å². The topological polar surface area (TPSA) is 42.0 Å². The molecule has 1 aliphatic heterocycles. The van der Waals surface area contributed by atoms with E-state index in [1.54, 1.807) is 6.07 Å². The van der Waals surface area contributed by atoms with E-state index in [0.29, 0.717) is 17.9 Å². The number of carbonyl (C=O) groups is 1. The second kappa shape index (κ2) is 9.11. The largest absolute Gasteiger partial charge is 0.446 e. The fourth-order valence-electron chi connectivity index (χ4n) is 2.06. The van der Waals surface area contributed by atoms with Crippen molar-refractivity contribution in [1.29, 1.82) is 0 Å². The molecule has 23 heavy (non-hydrogen) atoms. The lowest BCUT2D eigenvalue weighted by Gasteiger charge is -2.13. The summed E-state index contributed by atoms with van der Waals surface area (Å²) in [6.45, 7) is 1.69. The number of aldehydes is 1. The molecule has 0 spiro atoms. The van der Waals surface area contributed by atoms with Crippen LogP contribution in [0.3, 0.4) is 0 Å². The van der Waals surface area contributed by atoms with Crippen LogP contribution in [0, 0.1) is 5.92 Å². The van der Waals surface area contributed by atoms with Crippen LogP contribution in [0.2, 0.25) is 0 Å². The SMILES string of the molecule is FC(F)(F)c1ncccc1C[C@H]1CCNC1.O=CC(F)(F)F.S. The summed E-state index contributed by atoms with van der Waals surface area (Å²) in [5.74, 6) is 0.297. The van der Waals surface area contributed by atoms with Crippen molar-refractivity contribution in [3.05, 3.63) is 29.6 Å². The normalized spacial score (nSPS) is 17.7. The van der Waals surface area contributed by atoms with Crippen LogP contribution >= 0.6 is 13.5 Å². The minimum Gasteiger partial charge on any atom is -0.316 e. The summed E-state index contributed by atoms with van der Waals surface area (Å²) in [4.78, 5) is 12.1. The Bertz CT molecular complexity index is 486. The molecule has 2 heterocycles. The molecule has 0 radical (unpaired) electrons. The second-order valence-electron chi connectivity index (χ2n) is 4.73. The summed E-state index contributed by atoms with van der Waals surface area (Å²) in [5.41, 5.74) is -0.425. The molecule has 1 saturated heterocycles.